The van der Waals surface area contributed by atoms with E-state index in [4.69, 9.17) is 34.8 Å². The van der Waals surface area contributed by atoms with Gasteiger partial charge in [0.05, 0.1) is 0 Å². The molecule has 0 bridgehead atoms. The summed E-state index contributed by atoms with van der Waals surface area (Å²) in [5.41, 5.74) is 0.657. The van der Waals surface area contributed by atoms with Crippen molar-refractivity contribution in [1.82, 2.24) is 10.2 Å². The standard InChI is InChI=1S/C25H31Cl3N2O2S/c1-3-5-15-29-25(32)23(4-2)30(17-20-21(27)8-6-9-22(20)28)24(31)10-7-16-33-19-13-11-18(26)12-14-19/h6,8-9,11-14,23H,3-5,7,10,15-17H2,1-2H3,(H,29,32)/t23-/m1/s1. The number of rotatable bonds is 13. The molecule has 33 heavy (non-hydrogen) atoms. The van der Waals surface area contributed by atoms with E-state index in [1.807, 2.05) is 31.2 Å². The van der Waals surface area contributed by atoms with Gasteiger partial charge in [0, 0.05) is 45.0 Å². The van der Waals surface area contributed by atoms with E-state index in [2.05, 4.69) is 12.2 Å². The van der Waals surface area contributed by atoms with Gasteiger partial charge in [-0.15, -0.1) is 11.8 Å². The normalized spacial score (nSPS) is 11.8. The first-order chi connectivity index (χ1) is 15.9. The summed E-state index contributed by atoms with van der Waals surface area (Å²) in [5, 5.41) is 4.64. The SMILES string of the molecule is CCCCNC(=O)[C@@H](CC)N(Cc1c(Cl)cccc1Cl)C(=O)CCCSc1ccc(Cl)cc1. The van der Waals surface area contributed by atoms with Gasteiger partial charge in [0.15, 0.2) is 0 Å². The molecule has 0 aliphatic carbocycles. The van der Waals surface area contributed by atoms with Crippen molar-refractivity contribution < 1.29 is 9.59 Å². The molecule has 1 N–H and O–H groups in total. The van der Waals surface area contributed by atoms with Crippen molar-refractivity contribution in [2.24, 2.45) is 0 Å². The van der Waals surface area contributed by atoms with E-state index < -0.39 is 6.04 Å². The summed E-state index contributed by atoms with van der Waals surface area (Å²) in [6.07, 6.45) is 3.41. The van der Waals surface area contributed by atoms with Gasteiger partial charge in [0.2, 0.25) is 11.8 Å². The molecule has 0 radical (unpaired) electrons. The second-order valence-electron chi connectivity index (χ2n) is 7.70. The van der Waals surface area contributed by atoms with E-state index in [1.54, 1.807) is 34.9 Å². The number of benzene rings is 2. The van der Waals surface area contributed by atoms with Gasteiger partial charge in [-0.05, 0) is 61.4 Å². The number of hydrogen-bond donors (Lipinski definition) is 1. The van der Waals surface area contributed by atoms with Crippen molar-refractivity contribution in [2.75, 3.05) is 12.3 Å². The minimum atomic E-state index is -0.578. The zero-order valence-corrected chi connectivity index (χ0v) is 22.2. The van der Waals surface area contributed by atoms with Gasteiger partial charge in [0.1, 0.15) is 6.04 Å². The van der Waals surface area contributed by atoms with E-state index in [0.29, 0.717) is 46.4 Å². The summed E-state index contributed by atoms with van der Waals surface area (Å²) >= 11 is 20.4. The lowest BCUT2D eigenvalue weighted by Gasteiger charge is -2.31. The Hall–Kier alpha value is -1.40. The van der Waals surface area contributed by atoms with Crippen molar-refractivity contribution in [1.29, 1.82) is 0 Å². The molecule has 180 valence electrons. The lowest BCUT2D eigenvalue weighted by Crippen LogP contribution is -2.49. The summed E-state index contributed by atoms with van der Waals surface area (Å²) in [6.45, 7) is 4.77. The van der Waals surface area contributed by atoms with Crippen LogP contribution in [-0.2, 0) is 16.1 Å². The van der Waals surface area contributed by atoms with Crippen molar-refractivity contribution in [3.63, 3.8) is 0 Å². The number of nitrogens with zero attached hydrogens (tertiary/aromatic N) is 1. The van der Waals surface area contributed by atoms with Crippen LogP contribution >= 0.6 is 46.6 Å². The minimum Gasteiger partial charge on any atom is -0.354 e. The number of unbranched alkanes of at least 4 members (excludes halogenated alkanes) is 1. The zero-order chi connectivity index (χ0) is 24.2. The third-order valence-corrected chi connectivity index (χ3v) is 7.28. The van der Waals surface area contributed by atoms with Crippen LogP contribution in [0.15, 0.2) is 47.4 Å². The summed E-state index contributed by atoms with van der Waals surface area (Å²) in [6, 6.07) is 12.3. The molecule has 0 aliphatic heterocycles. The predicted molar refractivity (Wildman–Crippen MR) is 140 cm³/mol. The van der Waals surface area contributed by atoms with E-state index in [1.165, 1.54) is 0 Å². The first kappa shape index (κ1) is 27.8. The van der Waals surface area contributed by atoms with Gasteiger partial charge < -0.3 is 10.2 Å². The second kappa shape index (κ2) is 14.8. The van der Waals surface area contributed by atoms with Crippen LogP contribution in [0.5, 0.6) is 0 Å². The molecule has 0 unspecified atom stereocenters. The van der Waals surface area contributed by atoms with Crippen molar-refractivity contribution in [3.8, 4) is 0 Å². The molecule has 0 heterocycles. The molecular formula is C25H31Cl3N2O2S. The molecule has 2 amide bonds. The number of carbonyl (C=O) groups is 2. The van der Waals surface area contributed by atoms with Gasteiger partial charge in [-0.2, -0.15) is 0 Å². The smallest absolute Gasteiger partial charge is 0.242 e. The van der Waals surface area contributed by atoms with Gasteiger partial charge in [0.25, 0.3) is 0 Å². The molecule has 0 spiro atoms. The van der Waals surface area contributed by atoms with E-state index in [0.717, 1.165) is 23.5 Å². The maximum Gasteiger partial charge on any atom is 0.242 e. The number of nitrogens with one attached hydrogen (secondary N) is 1. The minimum absolute atomic E-state index is 0.0832. The number of thioether (sulfide) groups is 1. The van der Waals surface area contributed by atoms with Crippen molar-refractivity contribution >= 4 is 58.4 Å². The highest BCUT2D eigenvalue weighted by atomic mass is 35.5. The highest BCUT2D eigenvalue weighted by Gasteiger charge is 2.29. The molecule has 0 saturated heterocycles. The van der Waals surface area contributed by atoms with Crippen LogP contribution in [0, 0.1) is 0 Å². The third kappa shape index (κ3) is 9.05. The molecular weight excluding hydrogens is 499 g/mol. The lowest BCUT2D eigenvalue weighted by molar-refractivity contribution is -0.141. The molecule has 1 atom stereocenters. The molecule has 0 fully saturated rings. The quantitative estimate of drug-likeness (QED) is 0.220. The van der Waals surface area contributed by atoms with Crippen LogP contribution in [0.4, 0.5) is 0 Å². The highest BCUT2D eigenvalue weighted by Crippen LogP contribution is 2.28. The Kier molecular flexibility index (Phi) is 12.5. The summed E-state index contributed by atoms with van der Waals surface area (Å²) in [4.78, 5) is 28.9. The molecule has 2 aromatic rings. The Labute approximate surface area is 216 Å². The van der Waals surface area contributed by atoms with Crippen LogP contribution in [0.1, 0.15) is 51.5 Å². The van der Waals surface area contributed by atoms with Crippen LogP contribution in [0.3, 0.4) is 0 Å². The predicted octanol–water partition coefficient (Wildman–Crippen LogP) is 7.24. The molecule has 4 nitrogen and oxygen atoms in total. The molecule has 0 saturated carbocycles. The molecule has 0 aromatic heterocycles. The average Bonchev–Trinajstić information content (AvgIpc) is 2.79. The maximum atomic E-state index is 13.3. The van der Waals surface area contributed by atoms with Crippen molar-refractivity contribution in [2.45, 2.75) is 63.4 Å². The maximum absolute atomic E-state index is 13.3. The first-order valence-electron chi connectivity index (χ1n) is 11.3. The van der Waals surface area contributed by atoms with Crippen LogP contribution in [-0.4, -0.2) is 35.1 Å². The van der Waals surface area contributed by atoms with Gasteiger partial charge in [-0.25, -0.2) is 0 Å². The Morgan fingerprint density at radius 1 is 1.00 bits per heavy atom. The van der Waals surface area contributed by atoms with E-state index in [9.17, 15) is 9.59 Å². The number of amides is 2. The largest absolute Gasteiger partial charge is 0.354 e. The summed E-state index contributed by atoms with van der Waals surface area (Å²) in [5.74, 6) is 0.561. The molecule has 8 heteroatoms. The van der Waals surface area contributed by atoms with Gasteiger partial charge in [-0.3, -0.25) is 9.59 Å². The fourth-order valence-corrected chi connectivity index (χ4v) is 4.86. The van der Waals surface area contributed by atoms with Crippen LogP contribution in [0.2, 0.25) is 15.1 Å². The second-order valence-corrected chi connectivity index (χ2v) is 10.1. The summed E-state index contributed by atoms with van der Waals surface area (Å²) in [7, 11) is 0. The highest BCUT2D eigenvalue weighted by molar-refractivity contribution is 7.99. The number of hydrogen-bond acceptors (Lipinski definition) is 3. The topological polar surface area (TPSA) is 49.4 Å². The van der Waals surface area contributed by atoms with E-state index >= 15 is 0 Å². The first-order valence-corrected chi connectivity index (χ1v) is 13.4. The Morgan fingerprint density at radius 3 is 2.27 bits per heavy atom. The zero-order valence-electron chi connectivity index (χ0n) is 19.1. The Morgan fingerprint density at radius 2 is 1.67 bits per heavy atom. The average molecular weight is 530 g/mol. The van der Waals surface area contributed by atoms with Crippen LogP contribution < -0.4 is 5.32 Å². The fraction of sp³-hybridized carbons (Fsp3) is 0.440. The summed E-state index contributed by atoms with van der Waals surface area (Å²) < 4.78 is 0. The van der Waals surface area contributed by atoms with E-state index in [-0.39, 0.29) is 18.4 Å². The molecule has 2 rings (SSSR count). The number of halogens is 3. The monoisotopic (exact) mass is 528 g/mol. The lowest BCUT2D eigenvalue weighted by atomic mass is 10.1. The van der Waals surface area contributed by atoms with Gasteiger partial charge >= 0.3 is 0 Å². The third-order valence-electron chi connectivity index (χ3n) is 5.22. The van der Waals surface area contributed by atoms with Crippen molar-refractivity contribution in [3.05, 3.63) is 63.1 Å². The Bertz CT molecular complexity index is 889. The Balaban J connectivity index is 2.09. The number of carbonyl (C=O) groups excluding carboxylic acids is 2. The molecule has 2 aromatic carbocycles. The molecule has 0 aliphatic rings. The van der Waals surface area contributed by atoms with Gasteiger partial charge in [-0.1, -0.05) is 61.1 Å². The fourth-order valence-electron chi connectivity index (χ4n) is 3.37. The van der Waals surface area contributed by atoms with Crippen LogP contribution in [0.25, 0.3) is 0 Å².